The van der Waals surface area contributed by atoms with Gasteiger partial charge in [-0.05, 0) is 34.7 Å². The first-order valence-electron chi connectivity index (χ1n) is 5.54. The Balaban J connectivity index is 2.10. The van der Waals surface area contributed by atoms with Crippen LogP contribution in [-0.2, 0) is 0 Å². The molecule has 0 aliphatic rings. The van der Waals surface area contributed by atoms with Gasteiger partial charge < -0.3 is 5.73 Å². The van der Waals surface area contributed by atoms with Gasteiger partial charge >= 0.3 is 0 Å². The minimum absolute atomic E-state index is 0.709. The molecule has 0 aliphatic carbocycles. The molecule has 0 radical (unpaired) electrons. The highest BCUT2D eigenvalue weighted by Crippen LogP contribution is 2.19. The number of nitrogen functional groups attached to an aromatic ring is 1. The van der Waals surface area contributed by atoms with E-state index in [1.165, 1.54) is 0 Å². The number of tetrazole rings is 1. The smallest absolute Gasteiger partial charge is 0.187 e. The highest BCUT2D eigenvalue weighted by atomic mass is 15.5. The Morgan fingerprint density at radius 3 is 2.33 bits per heavy atom. The average Bonchev–Trinajstić information content (AvgIpc) is 2.90. The van der Waals surface area contributed by atoms with Gasteiger partial charge in [-0.1, -0.05) is 30.3 Å². The van der Waals surface area contributed by atoms with Crippen molar-refractivity contribution in [3.63, 3.8) is 0 Å². The van der Waals surface area contributed by atoms with Crippen molar-refractivity contribution in [3.05, 3.63) is 54.6 Å². The highest BCUT2D eigenvalue weighted by molar-refractivity contribution is 5.57. The van der Waals surface area contributed by atoms with Crippen molar-refractivity contribution in [2.45, 2.75) is 0 Å². The van der Waals surface area contributed by atoms with E-state index in [-0.39, 0.29) is 0 Å². The molecule has 2 N–H and O–H groups in total. The summed E-state index contributed by atoms with van der Waals surface area (Å²) in [6, 6.07) is 17.2. The lowest BCUT2D eigenvalue weighted by molar-refractivity contribution is 0.791. The maximum Gasteiger partial charge on any atom is 0.187 e. The largest absolute Gasteiger partial charge is 0.399 e. The average molecular weight is 237 g/mol. The lowest BCUT2D eigenvalue weighted by atomic mass is 10.2. The normalized spacial score (nSPS) is 10.4. The molecule has 5 nitrogen and oxygen atoms in total. The van der Waals surface area contributed by atoms with Crippen LogP contribution in [0, 0.1) is 0 Å². The molecule has 0 bridgehead atoms. The molecule has 0 fully saturated rings. The molecule has 1 heterocycles. The summed E-state index contributed by atoms with van der Waals surface area (Å²) >= 11 is 0. The lowest BCUT2D eigenvalue weighted by Crippen LogP contribution is -1.99. The van der Waals surface area contributed by atoms with E-state index in [9.17, 15) is 0 Å². The molecule has 88 valence electrons. The fraction of sp³-hybridized carbons (Fsp3) is 0. The van der Waals surface area contributed by atoms with Gasteiger partial charge in [-0.3, -0.25) is 0 Å². The minimum Gasteiger partial charge on any atom is -0.399 e. The van der Waals surface area contributed by atoms with Gasteiger partial charge in [0.25, 0.3) is 0 Å². The van der Waals surface area contributed by atoms with Crippen molar-refractivity contribution in [3.8, 4) is 17.1 Å². The van der Waals surface area contributed by atoms with Crippen molar-refractivity contribution in [1.29, 1.82) is 0 Å². The van der Waals surface area contributed by atoms with Gasteiger partial charge in [-0.25, -0.2) is 0 Å². The van der Waals surface area contributed by atoms with Crippen LogP contribution in [0.4, 0.5) is 5.69 Å². The van der Waals surface area contributed by atoms with Crippen LogP contribution in [0.15, 0.2) is 54.6 Å². The summed E-state index contributed by atoms with van der Waals surface area (Å²) in [6.45, 7) is 0. The van der Waals surface area contributed by atoms with Crippen molar-refractivity contribution >= 4 is 5.69 Å². The van der Waals surface area contributed by atoms with E-state index >= 15 is 0 Å². The maximum atomic E-state index is 5.67. The summed E-state index contributed by atoms with van der Waals surface area (Å²) in [6.07, 6.45) is 0. The van der Waals surface area contributed by atoms with Crippen LogP contribution in [0.25, 0.3) is 17.1 Å². The first kappa shape index (κ1) is 10.5. The third-order valence-corrected chi connectivity index (χ3v) is 2.64. The Hall–Kier alpha value is -2.69. The number of hydrogen-bond acceptors (Lipinski definition) is 4. The van der Waals surface area contributed by atoms with Gasteiger partial charge in [0.05, 0.1) is 5.69 Å². The quantitative estimate of drug-likeness (QED) is 0.691. The standard InChI is InChI=1S/C13H11N5/c14-11-6-8-12(9-7-11)18-13(15-16-17-18)10-4-2-1-3-5-10/h1-9H,14H2. The molecule has 1 aromatic heterocycles. The van der Waals surface area contributed by atoms with E-state index in [0.717, 1.165) is 11.3 Å². The van der Waals surface area contributed by atoms with Crippen molar-refractivity contribution in [1.82, 2.24) is 20.2 Å². The molecular weight excluding hydrogens is 226 g/mol. The van der Waals surface area contributed by atoms with Gasteiger partial charge in [0, 0.05) is 11.3 Å². The summed E-state index contributed by atoms with van der Waals surface area (Å²) in [4.78, 5) is 0. The number of rotatable bonds is 2. The first-order valence-corrected chi connectivity index (χ1v) is 5.54. The molecular formula is C13H11N5. The van der Waals surface area contributed by atoms with Crippen LogP contribution in [-0.4, -0.2) is 20.2 Å². The monoisotopic (exact) mass is 237 g/mol. The highest BCUT2D eigenvalue weighted by Gasteiger charge is 2.09. The number of nitrogens with zero attached hydrogens (tertiary/aromatic N) is 4. The molecule has 5 heteroatoms. The van der Waals surface area contributed by atoms with Crippen molar-refractivity contribution < 1.29 is 0 Å². The Labute approximate surface area is 104 Å². The van der Waals surface area contributed by atoms with E-state index in [1.54, 1.807) is 4.68 Å². The molecule has 3 aromatic rings. The van der Waals surface area contributed by atoms with Gasteiger partial charge in [0.15, 0.2) is 5.82 Å². The fourth-order valence-electron chi connectivity index (χ4n) is 1.74. The number of anilines is 1. The molecule has 0 saturated heterocycles. The summed E-state index contributed by atoms with van der Waals surface area (Å²) in [5.41, 5.74) is 8.24. The second-order valence-electron chi connectivity index (χ2n) is 3.87. The molecule has 0 amide bonds. The Morgan fingerprint density at radius 1 is 0.889 bits per heavy atom. The van der Waals surface area contributed by atoms with E-state index in [0.29, 0.717) is 11.5 Å². The third-order valence-electron chi connectivity index (χ3n) is 2.64. The molecule has 2 aromatic carbocycles. The van der Waals surface area contributed by atoms with E-state index < -0.39 is 0 Å². The zero-order valence-electron chi connectivity index (χ0n) is 9.56. The summed E-state index contributed by atoms with van der Waals surface area (Å²) in [5, 5.41) is 11.8. The molecule has 0 unspecified atom stereocenters. The van der Waals surface area contributed by atoms with E-state index in [2.05, 4.69) is 15.5 Å². The minimum atomic E-state index is 0.709. The predicted octanol–water partition coefficient (Wildman–Crippen LogP) is 1.91. The van der Waals surface area contributed by atoms with Gasteiger partial charge in [-0.15, -0.1) is 5.10 Å². The summed E-state index contributed by atoms with van der Waals surface area (Å²) < 4.78 is 1.69. The van der Waals surface area contributed by atoms with E-state index in [4.69, 9.17) is 5.73 Å². The topological polar surface area (TPSA) is 69.6 Å². The summed E-state index contributed by atoms with van der Waals surface area (Å²) in [5.74, 6) is 0.709. The van der Waals surface area contributed by atoms with E-state index in [1.807, 2.05) is 54.6 Å². The van der Waals surface area contributed by atoms with Gasteiger partial charge in [0.1, 0.15) is 0 Å². The molecule has 18 heavy (non-hydrogen) atoms. The number of nitrogens with two attached hydrogens (primary N) is 1. The van der Waals surface area contributed by atoms with Crippen LogP contribution >= 0.6 is 0 Å². The zero-order chi connectivity index (χ0) is 12.4. The van der Waals surface area contributed by atoms with Gasteiger partial charge in [0.2, 0.25) is 0 Å². The summed E-state index contributed by atoms with van der Waals surface area (Å²) in [7, 11) is 0. The third kappa shape index (κ3) is 1.82. The Bertz CT molecular complexity index is 643. The SMILES string of the molecule is Nc1ccc(-n2nnnc2-c2ccccc2)cc1. The fourth-order valence-corrected chi connectivity index (χ4v) is 1.74. The van der Waals surface area contributed by atoms with Crippen LogP contribution in [0.3, 0.4) is 0 Å². The Kier molecular flexibility index (Phi) is 2.49. The second-order valence-corrected chi connectivity index (χ2v) is 3.87. The number of benzene rings is 2. The molecule has 0 atom stereocenters. The van der Waals surface area contributed by atoms with Crippen molar-refractivity contribution in [2.24, 2.45) is 0 Å². The van der Waals surface area contributed by atoms with Crippen LogP contribution in [0.5, 0.6) is 0 Å². The molecule has 0 saturated carbocycles. The molecule has 3 rings (SSSR count). The maximum absolute atomic E-state index is 5.67. The van der Waals surface area contributed by atoms with Crippen molar-refractivity contribution in [2.75, 3.05) is 5.73 Å². The van der Waals surface area contributed by atoms with Crippen LogP contribution < -0.4 is 5.73 Å². The lowest BCUT2D eigenvalue weighted by Gasteiger charge is -2.04. The predicted molar refractivity (Wildman–Crippen MR) is 69.0 cm³/mol. The van der Waals surface area contributed by atoms with Crippen LogP contribution in [0.1, 0.15) is 0 Å². The van der Waals surface area contributed by atoms with Crippen LogP contribution in [0.2, 0.25) is 0 Å². The zero-order valence-corrected chi connectivity index (χ0v) is 9.56. The second kappa shape index (κ2) is 4.29. The number of hydrogen-bond donors (Lipinski definition) is 1. The first-order chi connectivity index (χ1) is 8.84. The molecule has 0 spiro atoms. The Morgan fingerprint density at radius 2 is 1.61 bits per heavy atom. The number of aromatic nitrogens is 4. The van der Waals surface area contributed by atoms with Gasteiger partial charge in [-0.2, -0.15) is 4.68 Å². The molecule has 0 aliphatic heterocycles.